The average molecular weight is 259 g/mol. The van der Waals surface area contributed by atoms with E-state index in [0.717, 1.165) is 16.7 Å². The van der Waals surface area contributed by atoms with Gasteiger partial charge in [-0.1, -0.05) is 18.2 Å². The van der Waals surface area contributed by atoms with Gasteiger partial charge in [0.2, 0.25) is 0 Å². The number of rotatable bonds is 5. The lowest BCUT2D eigenvalue weighted by atomic mass is 9.98. The van der Waals surface area contributed by atoms with Crippen LogP contribution in [-0.4, -0.2) is 25.0 Å². The third kappa shape index (κ3) is 4.87. The maximum atomic E-state index is 11.9. The first-order valence-electron chi connectivity index (χ1n) is 5.64. The van der Waals surface area contributed by atoms with E-state index in [4.69, 9.17) is 0 Å². The summed E-state index contributed by atoms with van der Waals surface area (Å²) in [4.78, 5) is 11.6. The van der Waals surface area contributed by atoms with Crippen LogP contribution < -0.4 is 5.32 Å². The molecule has 0 atom stereocenters. The third-order valence-corrected chi connectivity index (χ3v) is 2.67. The summed E-state index contributed by atoms with van der Waals surface area (Å²) in [5.74, 6) is -0.239. The van der Waals surface area contributed by atoms with Crippen molar-refractivity contribution in [2.45, 2.75) is 26.4 Å². The van der Waals surface area contributed by atoms with E-state index < -0.39 is 12.7 Å². The summed E-state index contributed by atoms with van der Waals surface area (Å²) in [5.41, 5.74) is 2.87. The first kappa shape index (κ1) is 14.7. The van der Waals surface area contributed by atoms with Crippen molar-refractivity contribution in [3.05, 3.63) is 34.9 Å². The molecule has 1 N–H and O–H groups in total. The lowest BCUT2D eigenvalue weighted by Gasteiger charge is -2.10. The Labute approximate surface area is 104 Å². The van der Waals surface area contributed by atoms with Gasteiger partial charge in [-0.15, -0.1) is 0 Å². The summed E-state index contributed by atoms with van der Waals surface area (Å²) < 4.78 is 35.7. The van der Waals surface area contributed by atoms with Crippen molar-refractivity contribution in [3.8, 4) is 0 Å². The molecule has 0 amide bonds. The van der Waals surface area contributed by atoms with Gasteiger partial charge in [-0.3, -0.25) is 4.79 Å². The van der Waals surface area contributed by atoms with Gasteiger partial charge in [-0.2, -0.15) is 13.2 Å². The molecule has 0 aliphatic rings. The van der Waals surface area contributed by atoms with Crippen molar-refractivity contribution in [2.75, 3.05) is 13.1 Å². The van der Waals surface area contributed by atoms with E-state index in [0.29, 0.717) is 0 Å². The Hall–Kier alpha value is -1.36. The van der Waals surface area contributed by atoms with Gasteiger partial charge >= 0.3 is 6.18 Å². The monoisotopic (exact) mass is 259 g/mol. The molecule has 1 aromatic rings. The minimum Gasteiger partial charge on any atom is -0.302 e. The van der Waals surface area contributed by atoms with E-state index in [9.17, 15) is 18.0 Å². The predicted molar refractivity (Wildman–Crippen MR) is 63.6 cm³/mol. The number of hydrogen-bond donors (Lipinski definition) is 1. The first-order chi connectivity index (χ1) is 8.29. The number of nitrogens with one attached hydrogen (secondary N) is 1. The first-order valence-corrected chi connectivity index (χ1v) is 5.64. The molecule has 0 unspecified atom stereocenters. The minimum absolute atomic E-state index is 0.170. The highest BCUT2D eigenvalue weighted by atomic mass is 19.4. The average Bonchev–Trinajstić information content (AvgIpc) is 2.22. The van der Waals surface area contributed by atoms with Gasteiger partial charge < -0.3 is 5.32 Å². The highest BCUT2D eigenvalue weighted by Crippen LogP contribution is 2.14. The normalized spacial score (nSPS) is 11.6. The number of carbonyl (C=O) groups is 1. The van der Waals surface area contributed by atoms with Gasteiger partial charge in [0.15, 0.2) is 5.78 Å². The molecule has 2 nitrogen and oxygen atoms in total. The van der Waals surface area contributed by atoms with Crippen LogP contribution in [0.25, 0.3) is 0 Å². The fraction of sp³-hybridized carbons (Fsp3) is 0.462. The van der Waals surface area contributed by atoms with Crippen LogP contribution in [0.1, 0.15) is 16.7 Å². The Morgan fingerprint density at radius 2 is 1.78 bits per heavy atom. The lowest BCUT2D eigenvalue weighted by molar-refractivity contribution is -0.127. The molecule has 0 aliphatic carbocycles. The summed E-state index contributed by atoms with van der Waals surface area (Å²) in [6, 6.07) is 5.66. The van der Waals surface area contributed by atoms with Crippen molar-refractivity contribution in [2.24, 2.45) is 0 Å². The lowest BCUT2D eigenvalue weighted by Crippen LogP contribution is -2.33. The zero-order valence-corrected chi connectivity index (χ0v) is 10.4. The number of aryl methyl sites for hydroxylation is 2. The minimum atomic E-state index is -4.28. The number of ketones is 1. The number of carbonyl (C=O) groups excluding carboxylic acids is 1. The summed E-state index contributed by atoms with van der Waals surface area (Å²) in [6.07, 6.45) is -4.11. The molecule has 18 heavy (non-hydrogen) atoms. The Balaban J connectivity index is 2.50. The van der Waals surface area contributed by atoms with Crippen molar-refractivity contribution in [3.63, 3.8) is 0 Å². The van der Waals surface area contributed by atoms with Crippen LogP contribution in [0, 0.1) is 13.8 Å². The molecule has 0 heterocycles. The molecule has 100 valence electrons. The van der Waals surface area contributed by atoms with Gasteiger partial charge in [0, 0.05) is 6.42 Å². The SMILES string of the molecule is Cc1cccc(C)c1CC(=O)CNCC(F)(F)F. The predicted octanol–water partition coefficient (Wildman–Crippen LogP) is 2.57. The molecule has 0 saturated carbocycles. The van der Waals surface area contributed by atoms with Crippen LogP contribution in [0.3, 0.4) is 0 Å². The highest BCUT2D eigenvalue weighted by Gasteiger charge is 2.26. The zero-order chi connectivity index (χ0) is 13.8. The number of halogens is 3. The standard InChI is InChI=1S/C13H16F3NO/c1-9-4-3-5-10(2)12(9)6-11(18)7-17-8-13(14,15)16/h3-5,17H,6-8H2,1-2H3. The molecule has 5 heteroatoms. The van der Waals surface area contributed by atoms with Crippen molar-refractivity contribution in [1.82, 2.24) is 5.32 Å². The van der Waals surface area contributed by atoms with Crippen LogP contribution in [-0.2, 0) is 11.2 Å². The Morgan fingerprint density at radius 1 is 1.22 bits per heavy atom. The molecule has 0 radical (unpaired) electrons. The van der Waals surface area contributed by atoms with Gasteiger partial charge in [0.05, 0.1) is 13.1 Å². The highest BCUT2D eigenvalue weighted by molar-refractivity contribution is 5.83. The van der Waals surface area contributed by atoms with Crippen molar-refractivity contribution in [1.29, 1.82) is 0 Å². The van der Waals surface area contributed by atoms with Crippen molar-refractivity contribution < 1.29 is 18.0 Å². The molecule has 0 aromatic heterocycles. The maximum absolute atomic E-state index is 11.9. The van der Waals surface area contributed by atoms with Gasteiger partial charge in [0.1, 0.15) is 0 Å². The third-order valence-electron chi connectivity index (χ3n) is 2.67. The van der Waals surface area contributed by atoms with Gasteiger partial charge in [0.25, 0.3) is 0 Å². The van der Waals surface area contributed by atoms with Crippen LogP contribution in [0.4, 0.5) is 13.2 Å². The van der Waals surface area contributed by atoms with E-state index in [-0.39, 0.29) is 18.7 Å². The molecule has 0 spiro atoms. The molecular formula is C13H16F3NO. The van der Waals surface area contributed by atoms with Gasteiger partial charge in [-0.05, 0) is 30.5 Å². The van der Waals surface area contributed by atoms with E-state index in [1.807, 2.05) is 32.0 Å². The van der Waals surface area contributed by atoms with E-state index >= 15 is 0 Å². The number of benzene rings is 1. The van der Waals surface area contributed by atoms with E-state index in [1.165, 1.54) is 0 Å². The van der Waals surface area contributed by atoms with Crippen molar-refractivity contribution >= 4 is 5.78 Å². The number of Topliss-reactive ketones (excluding diaryl/α,β-unsaturated/α-hetero) is 1. The van der Waals surface area contributed by atoms with Crippen LogP contribution in [0.2, 0.25) is 0 Å². The summed E-state index contributed by atoms with van der Waals surface area (Å²) in [7, 11) is 0. The smallest absolute Gasteiger partial charge is 0.302 e. The van der Waals surface area contributed by atoms with Crippen LogP contribution in [0.15, 0.2) is 18.2 Å². The molecule has 0 saturated heterocycles. The Bertz CT molecular complexity index is 406. The second-order valence-electron chi connectivity index (χ2n) is 4.30. The van der Waals surface area contributed by atoms with E-state index in [2.05, 4.69) is 5.32 Å². The molecular weight excluding hydrogens is 243 g/mol. The largest absolute Gasteiger partial charge is 0.401 e. The molecule has 0 bridgehead atoms. The summed E-state index contributed by atoms with van der Waals surface area (Å²) >= 11 is 0. The Morgan fingerprint density at radius 3 is 2.28 bits per heavy atom. The number of alkyl halides is 3. The van der Waals surface area contributed by atoms with Crippen LogP contribution >= 0.6 is 0 Å². The molecule has 1 rings (SSSR count). The van der Waals surface area contributed by atoms with Gasteiger partial charge in [-0.25, -0.2) is 0 Å². The second kappa shape index (κ2) is 6.00. The molecule has 1 aromatic carbocycles. The molecule has 0 aliphatic heterocycles. The zero-order valence-electron chi connectivity index (χ0n) is 10.4. The summed E-state index contributed by atoms with van der Waals surface area (Å²) in [6.45, 7) is 2.39. The summed E-state index contributed by atoms with van der Waals surface area (Å²) in [5, 5.41) is 2.11. The Kier molecular flexibility index (Phi) is 4.90. The maximum Gasteiger partial charge on any atom is 0.401 e. The van der Waals surface area contributed by atoms with E-state index in [1.54, 1.807) is 0 Å². The topological polar surface area (TPSA) is 29.1 Å². The fourth-order valence-electron chi connectivity index (χ4n) is 1.73. The quantitative estimate of drug-likeness (QED) is 0.880. The second-order valence-corrected chi connectivity index (χ2v) is 4.30. The fourth-order valence-corrected chi connectivity index (χ4v) is 1.73. The molecule has 0 fully saturated rings. The van der Waals surface area contributed by atoms with Crippen LogP contribution in [0.5, 0.6) is 0 Å². The number of hydrogen-bond acceptors (Lipinski definition) is 2.